The number of carbonyl (C=O) groups excluding carboxylic acids is 1. The van der Waals surface area contributed by atoms with Gasteiger partial charge in [-0.2, -0.15) is 0 Å². The van der Waals surface area contributed by atoms with Gasteiger partial charge >= 0.3 is 0 Å². The summed E-state index contributed by atoms with van der Waals surface area (Å²) >= 11 is 0. The molecule has 2 rings (SSSR count). The highest BCUT2D eigenvalue weighted by molar-refractivity contribution is 5.80. The fourth-order valence-corrected chi connectivity index (χ4v) is 1.96. The zero-order chi connectivity index (χ0) is 12.3. The molecule has 1 aliphatic heterocycles. The van der Waals surface area contributed by atoms with Crippen molar-refractivity contribution in [2.24, 2.45) is 5.84 Å². The molecule has 0 aliphatic carbocycles. The molecular formula is C11H15N3O3. The molecule has 1 aromatic heterocycles. The van der Waals surface area contributed by atoms with Gasteiger partial charge in [0.1, 0.15) is 6.10 Å². The van der Waals surface area contributed by atoms with E-state index in [1.807, 2.05) is 0 Å². The molecule has 0 bridgehead atoms. The number of carbonyl (C=O) groups is 1. The van der Waals surface area contributed by atoms with Gasteiger partial charge in [0.2, 0.25) is 0 Å². The van der Waals surface area contributed by atoms with Crippen LogP contribution in [0.3, 0.4) is 0 Å². The molecule has 6 heteroatoms. The highest BCUT2D eigenvalue weighted by Crippen LogP contribution is 2.20. The van der Waals surface area contributed by atoms with Crippen molar-refractivity contribution in [3.63, 3.8) is 0 Å². The second-order valence-electron chi connectivity index (χ2n) is 4.02. The Morgan fingerprint density at radius 3 is 3.06 bits per heavy atom. The van der Waals surface area contributed by atoms with Crippen LogP contribution in [0.2, 0.25) is 0 Å². The Hall–Kier alpha value is -1.66. The molecular weight excluding hydrogens is 222 g/mol. The van der Waals surface area contributed by atoms with E-state index in [0.29, 0.717) is 13.0 Å². The van der Waals surface area contributed by atoms with Crippen LogP contribution in [0, 0.1) is 0 Å². The largest absolute Gasteiger partial charge is 0.363 e. The van der Waals surface area contributed by atoms with E-state index in [1.54, 1.807) is 22.9 Å². The fraction of sp³-hybridized carbons (Fsp3) is 0.455. The lowest BCUT2D eigenvalue weighted by atomic mass is 10.2. The second kappa shape index (κ2) is 5.11. The summed E-state index contributed by atoms with van der Waals surface area (Å²) in [5.41, 5.74) is 2.00. The molecule has 1 amide bonds. The lowest BCUT2D eigenvalue weighted by Crippen LogP contribution is -2.39. The van der Waals surface area contributed by atoms with Crippen LogP contribution in [0.15, 0.2) is 29.2 Å². The van der Waals surface area contributed by atoms with E-state index in [1.165, 1.54) is 6.07 Å². The van der Waals surface area contributed by atoms with Crippen LogP contribution < -0.4 is 16.8 Å². The Labute approximate surface area is 98.3 Å². The molecule has 6 nitrogen and oxygen atoms in total. The Kier molecular flexibility index (Phi) is 3.55. The highest BCUT2D eigenvalue weighted by atomic mass is 16.5. The molecule has 2 heterocycles. The molecule has 17 heavy (non-hydrogen) atoms. The van der Waals surface area contributed by atoms with Gasteiger partial charge in [-0.15, -0.1) is 0 Å². The molecule has 0 saturated carbocycles. The normalized spacial score (nSPS) is 23.6. The van der Waals surface area contributed by atoms with Crippen molar-refractivity contribution >= 4 is 5.91 Å². The van der Waals surface area contributed by atoms with Gasteiger partial charge in [-0.3, -0.25) is 15.0 Å². The van der Waals surface area contributed by atoms with Crippen LogP contribution in [0.25, 0.3) is 0 Å². The molecule has 1 aromatic rings. The van der Waals surface area contributed by atoms with Crippen molar-refractivity contribution < 1.29 is 9.53 Å². The maximum Gasteiger partial charge on any atom is 0.263 e. The van der Waals surface area contributed by atoms with Crippen LogP contribution in [0.5, 0.6) is 0 Å². The third kappa shape index (κ3) is 2.72. The number of aromatic nitrogens is 1. The summed E-state index contributed by atoms with van der Waals surface area (Å²) in [6.45, 7) is 0.466. The first-order chi connectivity index (χ1) is 8.20. The summed E-state index contributed by atoms with van der Waals surface area (Å²) < 4.78 is 7.10. The van der Waals surface area contributed by atoms with E-state index in [9.17, 15) is 9.59 Å². The zero-order valence-corrected chi connectivity index (χ0v) is 9.33. The maximum atomic E-state index is 11.5. The van der Waals surface area contributed by atoms with Crippen LogP contribution in [-0.4, -0.2) is 22.7 Å². The molecule has 0 aromatic carbocycles. The lowest BCUT2D eigenvalue weighted by Gasteiger charge is -2.13. The topological polar surface area (TPSA) is 86.4 Å². The molecule has 2 unspecified atom stereocenters. The number of nitrogens with one attached hydrogen (secondary N) is 1. The highest BCUT2D eigenvalue weighted by Gasteiger charge is 2.30. The zero-order valence-electron chi connectivity index (χ0n) is 9.33. The summed E-state index contributed by atoms with van der Waals surface area (Å²) in [6.07, 6.45) is 2.48. The number of pyridine rings is 1. The number of ether oxygens (including phenoxy) is 1. The number of amides is 1. The predicted octanol–water partition coefficient (Wildman–Crippen LogP) is -0.614. The summed E-state index contributed by atoms with van der Waals surface area (Å²) in [5.74, 6) is 4.73. The number of hydrazine groups is 1. The Bertz CT molecular complexity index is 457. The molecule has 92 valence electrons. The van der Waals surface area contributed by atoms with Gasteiger partial charge < -0.3 is 9.30 Å². The summed E-state index contributed by atoms with van der Waals surface area (Å²) in [7, 11) is 0. The summed E-state index contributed by atoms with van der Waals surface area (Å²) in [4.78, 5) is 22.7. The van der Waals surface area contributed by atoms with Crippen LogP contribution in [0.4, 0.5) is 0 Å². The van der Waals surface area contributed by atoms with E-state index in [0.717, 1.165) is 6.42 Å². The minimum atomic E-state index is -0.496. The number of hydrogen-bond donors (Lipinski definition) is 2. The van der Waals surface area contributed by atoms with Crippen molar-refractivity contribution in [3.8, 4) is 0 Å². The number of nitrogens with two attached hydrogens (primary N) is 1. The summed E-state index contributed by atoms with van der Waals surface area (Å²) in [5, 5.41) is 0. The second-order valence-corrected chi connectivity index (χ2v) is 4.02. The standard InChI is InChI=1S/C11H15N3O3/c12-13-11(16)9-5-4-8(17-9)7-14-6-2-1-3-10(14)15/h1-3,6,8-9H,4-5,7,12H2,(H,13,16). The van der Waals surface area contributed by atoms with E-state index < -0.39 is 6.10 Å². The third-order valence-electron chi connectivity index (χ3n) is 2.84. The monoisotopic (exact) mass is 237 g/mol. The average Bonchev–Trinajstić information content (AvgIpc) is 2.80. The quantitative estimate of drug-likeness (QED) is 0.417. The third-order valence-corrected chi connectivity index (χ3v) is 2.84. The van der Waals surface area contributed by atoms with Gasteiger partial charge in [0.25, 0.3) is 11.5 Å². The van der Waals surface area contributed by atoms with E-state index >= 15 is 0 Å². The van der Waals surface area contributed by atoms with Crippen LogP contribution >= 0.6 is 0 Å². The van der Waals surface area contributed by atoms with Crippen molar-refractivity contribution in [1.82, 2.24) is 9.99 Å². The van der Waals surface area contributed by atoms with Gasteiger partial charge in [0.05, 0.1) is 12.6 Å². The van der Waals surface area contributed by atoms with Crippen molar-refractivity contribution in [1.29, 1.82) is 0 Å². The molecule has 1 saturated heterocycles. The smallest absolute Gasteiger partial charge is 0.263 e. The van der Waals surface area contributed by atoms with Gasteiger partial charge in [0, 0.05) is 12.3 Å². The molecule has 2 atom stereocenters. The molecule has 1 fully saturated rings. The predicted molar refractivity (Wildman–Crippen MR) is 60.9 cm³/mol. The van der Waals surface area contributed by atoms with Crippen LogP contribution in [0.1, 0.15) is 12.8 Å². The molecule has 0 radical (unpaired) electrons. The molecule has 0 spiro atoms. The molecule has 1 aliphatic rings. The first-order valence-electron chi connectivity index (χ1n) is 5.52. The van der Waals surface area contributed by atoms with Crippen molar-refractivity contribution in [2.45, 2.75) is 31.6 Å². The van der Waals surface area contributed by atoms with Crippen LogP contribution in [-0.2, 0) is 16.1 Å². The van der Waals surface area contributed by atoms with Gasteiger partial charge in [-0.25, -0.2) is 5.84 Å². The van der Waals surface area contributed by atoms with Crippen molar-refractivity contribution in [3.05, 3.63) is 34.7 Å². The van der Waals surface area contributed by atoms with E-state index in [2.05, 4.69) is 5.43 Å². The van der Waals surface area contributed by atoms with Crippen molar-refractivity contribution in [2.75, 3.05) is 0 Å². The average molecular weight is 237 g/mol. The van der Waals surface area contributed by atoms with E-state index in [-0.39, 0.29) is 17.6 Å². The first kappa shape index (κ1) is 11.8. The fourth-order valence-electron chi connectivity index (χ4n) is 1.96. The Morgan fingerprint density at radius 1 is 1.53 bits per heavy atom. The SMILES string of the molecule is NNC(=O)C1CCC(Cn2ccccc2=O)O1. The Morgan fingerprint density at radius 2 is 2.35 bits per heavy atom. The van der Waals surface area contributed by atoms with Gasteiger partial charge in [-0.05, 0) is 18.9 Å². The van der Waals surface area contributed by atoms with Gasteiger partial charge in [0.15, 0.2) is 0 Å². The number of nitrogens with zero attached hydrogens (tertiary/aromatic N) is 1. The van der Waals surface area contributed by atoms with E-state index in [4.69, 9.17) is 10.6 Å². The first-order valence-corrected chi connectivity index (χ1v) is 5.52. The summed E-state index contributed by atoms with van der Waals surface area (Å²) in [6, 6.07) is 4.98. The minimum Gasteiger partial charge on any atom is -0.363 e. The Balaban J connectivity index is 1.97. The molecule has 3 N–H and O–H groups in total. The lowest BCUT2D eigenvalue weighted by molar-refractivity contribution is -0.132. The number of hydrogen-bond acceptors (Lipinski definition) is 4. The number of rotatable bonds is 3. The minimum absolute atomic E-state index is 0.0668. The van der Waals surface area contributed by atoms with Gasteiger partial charge in [-0.1, -0.05) is 6.07 Å². The maximum absolute atomic E-state index is 11.5.